The molecule has 0 aromatic heterocycles. The topological polar surface area (TPSA) is 50.7 Å². The summed E-state index contributed by atoms with van der Waals surface area (Å²) in [6.45, 7) is 1.01. The number of hydrogen-bond donors (Lipinski definition) is 2. The minimum absolute atomic E-state index is 0.433. The van der Waals surface area contributed by atoms with Crippen LogP contribution in [0.4, 0.5) is 0 Å². The van der Waals surface area contributed by atoms with E-state index in [0.717, 1.165) is 11.1 Å². The molecule has 1 atom stereocenters. The Morgan fingerprint density at radius 1 is 1.09 bits per heavy atom. The zero-order valence-electron chi connectivity index (χ0n) is 12.7. The summed E-state index contributed by atoms with van der Waals surface area (Å²) in [7, 11) is 3.23. The molecule has 0 aliphatic carbocycles. The highest BCUT2D eigenvalue weighted by molar-refractivity contribution is 6.30. The summed E-state index contributed by atoms with van der Waals surface area (Å²) in [6.07, 6.45) is -0.589. The molecule has 0 radical (unpaired) electrons. The molecule has 22 heavy (non-hydrogen) atoms. The number of para-hydroxylation sites is 1. The van der Waals surface area contributed by atoms with Crippen LogP contribution in [0, 0.1) is 0 Å². The maximum absolute atomic E-state index is 10.2. The number of benzene rings is 2. The quantitative estimate of drug-likeness (QED) is 0.822. The summed E-state index contributed by atoms with van der Waals surface area (Å²) in [5.74, 6) is 1.40. The molecule has 2 rings (SSSR count). The van der Waals surface area contributed by atoms with Crippen molar-refractivity contribution in [2.24, 2.45) is 0 Å². The second kappa shape index (κ2) is 8.03. The Kier molecular flexibility index (Phi) is 6.07. The first-order chi connectivity index (χ1) is 10.7. The van der Waals surface area contributed by atoms with Gasteiger partial charge in [-0.3, -0.25) is 0 Å². The highest BCUT2D eigenvalue weighted by Gasteiger charge is 2.11. The number of methoxy groups -OCH3 is 2. The van der Waals surface area contributed by atoms with Crippen molar-refractivity contribution in [3.63, 3.8) is 0 Å². The number of rotatable bonds is 7. The first-order valence-electron chi connectivity index (χ1n) is 6.99. The Labute approximate surface area is 135 Å². The normalized spacial score (nSPS) is 12.0. The van der Waals surface area contributed by atoms with E-state index in [1.807, 2.05) is 30.3 Å². The summed E-state index contributed by atoms with van der Waals surface area (Å²) in [6, 6.07) is 12.9. The molecule has 0 bridgehead atoms. The van der Waals surface area contributed by atoms with Crippen LogP contribution in [-0.4, -0.2) is 25.9 Å². The predicted molar refractivity (Wildman–Crippen MR) is 87.7 cm³/mol. The number of halogens is 1. The molecule has 0 heterocycles. The van der Waals surface area contributed by atoms with E-state index < -0.39 is 6.10 Å². The molecular weight excluding hydrogens is 302 g/mol. The standard InChI is InChI=1S/C17H20ClNO3/c1-21-16-5-3-4-13(17(16)22-2)10-19-11-15(20)12-6-8-14(18)9-7-12/h3-9,15,19-20H,10-11H2,1-2H3/t15-/m1/s1. The Morgan fingerprint density at radius 3 is 2.45 bits per heavy atom. The van der Waals surface area contributed by atoms with Gasteiger partial charge < -0.3 is 19.9 Å². The van der Waals surface area contributed by atoms with E-state index >= 15 is 0 Å². The van der Waals surface area contributed by atoms with Crippen molar-refractivity contribution in [3.8, 4) is 11.5 Å². The lowest BCUT2D eigenvalue weighted by Gasteiger charge is -2.15. The Balaban J connectivity index is 1.95. The smallest absolute Gasteiger partial charge is 0.165 e. The predicted octanol–water partition coefficient (Wildman–Crippen LogP) is 3.18. The second-order valence-corrected chi connectivity index (χ2v) is 5.29. The SMILES string of the molecule is COc1cccc(CNC[C@@H](O)c2ccc(Cl)cc2)c1OC. The molecule has 0 saturated heterocycles. The van der Waals surface area contributed by atoms with Gasteiger partial charge in [0.25, 0.3) is 0 Å². The Hall–Kier alpha value is -1.75. The number of hydrogen-bond acceptors (Lipinski definition) is 4. The van der Waals surface area contributed by atoms with Gasteiger partial charge in [0.2, 0.25) is 0 Å². The van der Waals surface area contributed by atoms with Crippen LogP contribution < -0.4 is 14.8 Å². The van der Waals surface area contributed by atoms with Gasteiger partial charge in [-0.2, -0.15) is 0 Å². The third-order valence-electron chi connectivity index (χ3n) is 3.39. The molecule has 5 heteroatoms. The minimum atomic E-state index is -0.589. The van der Waals surface area contributed by atoms with Crippen LogP contribution in [0.15, 0.2) is 42.5 Å². The fraction of sp³-hybridized carbons (Fsp3) is 0.294. The molecule has 0 amide bonds. The Bertz CT molecular complexity index is 601. The fourth-order valence-corrected chi connectivity index (χ4v) is 2.37. The van der Waals surface area contributed by atoms with E-state index in [4.69, 9.17) is 21.1 Å². The average molecular weight is 322 g/mol. The molecule has 2 aromatic rings. The van der Waals surface area contributed by atoms with Crippen LogP contribution in [0.5, 0.6) is 11.5 Å². The minimum Gasteiger partial charge on any atom is -0.493 e. The van der Waals surface area contributed by atoms with Crippen molar-refractivity contribution in [1.29, 1.82) is 0 Å². The molecule has 118 valence electrons. The van der Waals surface area contributed by atoms with Crippen LogP contribution in [0.1, 0.15) is 17.2 Å². The monoisotopic (exact) mass is 321 g/mol. The highest BCUT2D eigenvalue weighted by Crippen LogP contribution is 2.30. The van der Waals surface area contributed by atoms with Crippen molar-refractivity contribution in [2.75, 3.05) is 20.8 Å². The summed E-state index contributed by atoms with van der Waals surface area (Å²) < 4.78 is 10.7. The molecule has 2 N–H and O–H groups in total. The lowest BCUT2D eigenvalue weighted by Crippen LogP contribution is -2.21. The van der Waals surface area contributed by atoms with E-state index in [2.05, 4.69) is 5.32 Å². The molecule has 4 nitrogen and oxygen atoms in total. The zero-order valence-corrected chi connectivity index (χ0v) is 13.4. The molecular formula is C17H20ClNO3. The summed E-state index contributed by atoms with van der Waals surface area (Å²) in [5, 5.41) is 14.0. The van der Waals surface area contributed by atoms with Gasteiger partial charge >= 0.3 is 0 Å². The van der Waals surface area contributed by atoms with E-state index in [1.54, 1.807) is 26.4 Å². The van der Waals surface area contributed by atoms with E-state index in [9.17, 15) is 5.11 Å². The van der Waals surface area contributed by atoms with Crippen LogP contribution in [0.2, 0.25) is 5.02 Å². The largest absolute Gasteiger partial charge is 0.493 e. The van der Waals surface area contributed by atoms with Crippen molar-refractivity contribution in [1.82, 2.24) is 5.32 Å². The van der Waals surface area contributed by atoms with Gasteiger partial charge in [-0.1, -0.05) is 35.9 Å². The van der Waals surface area contributed by atoms with Gasteiger partial charge in [0.05, 0.1) is 20.3 Å². The van der Waals surface area contributed by atoms with Gasteiger partial charge in [-0.05, 0) is 23.8 Å². The first-order valence-corrected chi connectivity index (χ1v) is 7.37. The maximum atomic E-state index is 10.2. The fourth-order valence-electron chi connectivity index (χ4n) is 2.24. The van der Waals surface area contributed by atoms with E-state index in [0.29, 0.717) is 29.6 Å². The zero-order chi connectivity index (χ0) is 15.9. The third-order valence-corrected chi connectivity index (χ3v) is 3.64. The average Bonchev–Trinajstić information content (AvgIpc) is 2.55. The highest BCUT2D eigenvalue weighted by atomic mass is 35.5. The lowest BCUT2D eigenvalue weighted by atomic mass is 10.1. The molecule has 0 aliphatic heterocycles. The van der Waals surface area contributed by atoms with Crippen molar-refractivity contribution >= 4 is 11.6 Å². The van der Waals surface area contributed by atoms with Gasteiger partial charge in [-0.15, -0.1) is 0 Å². The number of ether oxygens (including phenoxy) is 2. The van der Waals surface area contributed by atoms with Crippen LogP contribution >= 0.6 is 11.6 Å². The molecule has 2 aromatic carbocycles. The summed E-state index contributed by atoms with van der Waals surface area (Å²) in [5.41, 5.74) is 1.81. The number of aliphatic hydroxyl groups is 1. The van der Waals surface area contributed by atoms with E-state index in [-0.39, 0.29) is 0 Å². The van der Waals surface area contributed by atoms with Gasteiger partial charge in [0, 0.05) is 23.7 Å². The lowest BCUT2D eigenvalue weighted by molar-refractivity contribution is 0.174. The van der Waals surface area contributed by atoms with Crippen molar-refractivity contribution < 1.29 is 14.6 Å². The van der Waals surface area contributed by atoms with Crippen LogP contribution in [0.3, 0.4) is 0 Å². The summed E-state index contributed by atoms with van der Waals surface area (Å²) in [4.78, 5) is 0. The number of aliphatic hydroxyl groups excluding tert-OH is 1. The molecule has 0 spiro atoms. The van der Waals surface area contributed by atoms with Crippen molar-refractivity contribution in [3.05, 3.63) is 58.6 Å². The Morgan fingerprint density at radius 2 is 1.82 bits per heavy atom. The van der Waals surface area contributed by atoms with E-state index in [1.165, 1.54) is 0 Å². The van der Waals surface area contributed by atoms with Gasteiger partial charge in [0.15, 0.2) is 11.5 Å². The van der Waals surface area contributed by atoms with Gasteiger partial charge in [-0.25, -0.2) is 0 Å². The molecule has 0 aliphatic rings. The number of nitrogens with one attached hydrogen (secondary N) is 1. The first kappa shape index (κ1) is 16.6. The summed E-state index contributed by atoms with van der Waals surface area (Å²) >= 11 is 5.84. The molecule has 0 fully saturated rings. The second-order valence-electron chi connectivity index (χ2n) is 4.85. The van der Waals surface area contributed by atoms with Gasteiger partial charge in [0.1, 0.15) is 0 Å². The third kappa shape index (κ3) is 4.13. The van der Waals surface area contributed by atoms with Crippen LogP contribution in [0.25, 0.3) is 0 Å². The maximum Gasteiger partial charge on any atom is 0.165 e. The van der Waals surface area contributed by atoms with Crippen molar-refractivity contribution in [2.45, 2.75) is 12.6 Å². The molecule has 0 unspecified atom stereocenters. The molecule has 0 saturated carbocycles. The van der Waals surface area contributed by atoms with Crippen LogP contribution in [-0.2, 0) is 6.54 Å².